The monoisotopic (exact) mass is 284 g/mol. The smallest absolute Gasteiger partial charge is 0.336 e. The second-order valence-corrected chi connectivity index (χ2v) is 4.10. The van der Waals surface area contributed by atoms with E-state index < -0.39 is 36.4 Å². The molecule has 0 amide bonds. The molecule has 104 valence electrons. The van der Waals surface area contributed by atoms with Crippen LogP contribution in [0.3, 0.4) is 0 Å². The lowest BCUT2D eigenvalue weighted by atomic mass is 9.96. The topological polar surface area (TPSA) is 145 Å². The summed E-state index contributed by atoms with van der Waals surface area (Å²) in [5.74, 6) is -5.02. The van der Waals surface area contributed by atoms with Crippen LogP contribution in [0.1, 0.15) is 19.8 Å². The van der Waals surface area contributed by atoms with Crippen molar-refractivity contribution in [3.63, 3.8) is 0 Å². The van der Waals surface area contributed by atoms with Gasteiger partial charge in [0.1, 0.15) is 0 Å². The number of hydrogen-bond donors (Lipinski definition) is 4. The molecule has 9 heteroatoms. The summed E-state index contributed by atoms with van der Waals surface area (Å²) in [5.41, 5.74) is -2.72. The van der Waals surface area contributed by atoms with Gasteiger partial charge in [0.25, 0.3) is 0 Å². The maximum Gasteiger partial charge on any atom is 0.336 e. The zero-order valence-electron chi connectivity index (χ0n) is 9.37. The molecule has 0 radical (unpaired) electrons. The van der Waals surface area contributed by atoms with E-state index in [1.807, 2.05) is 6.92 Å². The lowest BCUT2D eigenvalue weighted by Gasteiger charge is -2.18. The number of carboxylic acids is 3. The molecule has 2 unspecified atom stereocenters. The molecular weight excluding hydrogens is 272 g/mol. The number of epoxide rings is 1. The number of ether oxygens (including phenoxy) is 1. The summed E-state index contributed by atoms with van der Waals surface area (Å²) in [6.07, 6.45) is -1.97. The fourth-order valence-electron chi connectivity index (χ4n) is 0.874. The molecule has 4 N–H and O–H groups in total. The predicted octanol–water partition coefficient (Wildman–Crippen LogP) is -0.279. The third-order valence-electron chi connectivity index (χ3n) is 1.92. The van der Waals surface area contributed by atoms with E-state index in [4.69, 9.17) is 32.0 Å². The minimum atomic E-state index is -2.74. The van der Waals surface area contributed by atoms with Crippen molar-refractivity contribution in [2.75, 3.05) is 0 Å². The Balaban J connectivity index is 0.000000473. The molecule has 1 aliphatic rings. The number of aliphatic carboxylic acids is 3. The summed E-state index contributed by atoms with van der Waals surface area (Å²) in [7, 11) is 0. The Morgan fingerprint density at radius 2 is 1.44 bits per heavy atom. The Hall–Kier alpha value is -1.38. The average Bonchev–Trinajstić information content (AvgIpc) is 2.77. The summed E-state index contributed by atoms with van der Waals surface area (Å²) < 4.78 is 4.68. The predicted molar refractivity (Wildman–Crippen MR) is 57.3 cm³/mol. The average molecular weight is 285 g/mol. The molecule has 0 aromatic carbocycles. The first kappa shape index (κ1) is 16.6. The quantitative estimate of drug-likeness (QED) is 0.398. The van der Waals surface area contributed by atoms with Crippen molar-refractivity contribution < 1.29 is 39.5 Å². The minimum Gasteiger partial charge on any atom is -0.481 e. The number of aliphatic hydroxyl groups is 1. The Kier molecular flexibility index (Phi) is 6.02. The van der Waals surface area contributed by atoms with Crippen LogP contribution in [0, 0.1) is 0 Å². The van der Waals surface area contributed by atoms with Crippen LogP contribution in [0.15, 0.2) is 0 Å². The van der Waals surface area contributed by atoms with Gasteiger partial charge < -0.3 is 25.2 Å². The zero-order chi connectivity index (χ0) is 14.5. The number of rotatable bonds is 5. The van der Waals surface area contributed by atoms with Crippen molar-refractivity contribution in [3.05, 3.63) is 0 Å². The fourth-order valence-corrected chi connectivity index (χ4v) is 1.04. The van der Waals surface area contributed by atoms with E-state index in [1.54, 1.807) is 0 Å². The Morgan fingerprint density at radius 1 is 1.17 bits per heavy atom. The highest BCUT2D eigenvalue weighted by molar-refractivity contribution is 6.21. The molecule has 1 fully saturated rings. The van der Waals surface area contributed by atoms with Gasteiger partial charge in [-0.25, -0.2) is 4.79 Å². The van der Waals surface area contributed by atoms with Crippen LogP contribution < -0.4 is 0 Å². The number of hydrogen-bond acceptors (Lipinski definition) is 5. The van der Waals surface area contributed by atoms with Crippen molar-refractivity contribution in [1.82, 2.24) is 0 Å². The molecule has 1 saturated heterocycles. The summed E-state index contributed by atoms with van der Waals surface area (Å²) >= 11 is 5.31. The zero-order valence-corrected chi connectivity index (χ0v) is 10.1. The number of halogens is 1. The molecule has 1 rings (SSSR count). The molecule has 0 saturated carbocycles. The highest BCUT2D eigenvalue weighted by Gasteiger charge is 2.40. The van der Waals surface area contributed by atoms with Gasteiger partial charge in [-0.05, 0) is 6.92 Å². The van der Waals surface area contributed by atoms with Gasteiger partial charge in [-0.15, -0.1) is 0 Å². The van der Waals surface area contributed by atoms with Gasteiger partial charge in [-0.3, -0.25) is 9.59 Å². The summed E-state index contributed by atoms with van der Waals surface area (Å²) in [6, 6.07) is 0. The molecule has 2 atom stereocenters. The first-order valence-corrected chi connectivity index (χ1v) is 5.21. The van der Waals surface area contributed by atoms with Gasteiger partial charge >= 0.3 is 17.9 Å². The second kappa shape index (κ2) is 6.53. The first-order valence-electron chi connectivity index (χ1n) is 4.77. The van der Waals surface area contributed by atoms with E-state index in [2.05, 4.69) is 4.74 Å². The van der Waals surface area contributed by atoms with Crippen LogP contribution in [-0.4, -0.2) is 55.6 Å². The van der Waals surface area contributed by atoms with Crippen LogP contribution in [0.4, 0.5) is 0 Å². The molecule has 0 aromatic rings. The third kappa shape index (κ3) is 6.38. The van der Waals surface area contributed by atoms with Crippen LogP contribution in [0.25, 0.3) is 0 Å². The van der Waals surface area contributed by atoms with Crippen LogP contribution >= 0.6 is 11.6 Å². The molecular formula is C9H13ClO8. The van der Waals surface area contributed by atoms with Crippen molar-refractivity contribution in [2.24, 2.45) is 0 Å². The highest BCUT2D eigenvalue weighted by atomic mass is 35.5. The van der Waals surface area contributed by atoms with E-state index in [0.717, 1.165) is 0 Å². The van der Waals surface area contributed by atoms with Gasteiger partial charge in [0, 0.05) is 0 Å². The first-order chi connectivity index (χ1) is 8.08. The number of alkyl halides is 1. The summed E-state index contributed by atoms with van der Waals surface area (Å²) in [6.45, 7) is 1.94. The molecule has 0 bridgehead atoms. The highest BCUT2D eigenvalue weighted by Crippen LogP contribution is 2.23. The van der Waals surface area contributed by atoms with Crippen molar-refractivity contribution >= 4 is 29.5 Å². The normalized spacial score (nSPS) is 21.5. The Labute approximate surface area is 107 Å². The van der Waals surface area contributed by atoms with E-state index in [-0.39, 0.29) is 5.56 Å². The summed E-state index contributed by atoms with van der Waals surface area (Å²) in [4.78, 5) is 30.5. The van der Waals surface area contributed by atoms with Gasteiger partial charge in [-0.1, -0.05) is 11.6 Å². The summed E-state index contributed by atoms with van der Waals surface area (Å²) in [5, 5.41) is 33.8. The van der Waals surface area contributed by atoms with Gasteiger partial charge in [-0.2, -0.15) is 0 Å². The maximum atomic E-state index is 10.3. The lowest BCUT2D eigenvalue weighted by Crippen LogP contribution is -2.42. The van der Waals surface area contributed by atoms with E-state index in [9.17, 15) is 14.4 Å². The van der Waals surface area contributed by atoms with Crippen LogP contribution in [-0.2, 0) is 19.1 Å². The fraction of sp³-hybridized carbons (Fsp3) is 0.667. The van der Waals surface area contributed by atoms with Gasteiger partial charge in [0.2, 0.25) is 0 Å². The largest absolute Gasteiger partial charge is 0.481 e. The third-order valence-corrected chi connectivity index (χ3v) is 2.38. The Morgan fingerprint density at radius 3 is 1.56 bits per heavy atom. The molecule has 1 heterocycles. The Bertz CT molecular complexity index is 319. The SMILES string of the molecule is CC1OC1Cl.O=C(O)CC(O)(CC(=O)O)C(=O)O. The molecule has 0 aromatic heterocycles. The molecule has 0 spiro atoms. The van der Waals surface area contributed by atoms with Crippen molar-refractivity contribution in [1.29, 1.82) is 0 Å². The van der Waals surface area contributed by atoms with Crippen LogP contribution in [0.5, 0.6) is 0 Å². The van der Waals surface area contributed by atoms with Gasteiger partial charge in [0.05, 0.1) is 18.9 Å². The van der Waals surface area contributed by atoms with Crippen molar-refractivity contribution in [2.45, 2.75) is 37.0 Å². The molecule has 0 aliphatic carbocycles. The van der Waals surface area contributed by atoms with E-state index in [0.29, 0.717) is 6.10 Å². The van der Waals surface area contributed by atoms with Gasteiger partial charge in [0.15, 0.2) is 11.2 Å². The lowest BCUT2D eigenvalue weighted by molar-refractivity contribution is -0.170. The number of carbonyl (C=O) groups is 3. The van der Waals surface area contributed by atoms with E-state index >= 15 is 0 Å². The standard InChI is InChI=1S/C6H8O7.C3H5ClO/c7-3(8)1-6(13,5(11)12)2-4(9)10;1-2-3(4)5-2/h13H,1-2H2,(H,7,8)(H,9,10)(H,11,12);2-3H,1H3. The minimum absolute atomic E-state index is 0.0231. The molecule has 8 nitrogen and oxygen atoms in total. The molecule has 18 heavy (non-hydrogen) atoms. The maximum absolute atomic E-state index is 10.3. The molecule has 1 aliphatic heterocycles. The number of carboxylic acid groups (broad SMARTS) is 3. The van der Waals surface area contributed by atoms with Crippen LogP contribution in [0.2, 0.25) is 0 Å². The second-order valence-electron chi connectivity index (χ2n) is 3.67. The van der Waals surface area contributed by atoms with Crippen molar-refractivity contribution in [3.8, 4) is 0 Å². The van der Waals surface area contributed by atoms with E-state index in [1.165, 1.54) is 0 Å².